The van der Waals surface area contributed by atoms with E-state index in [9.17, 15) is 0 Å². The van der Waals surface area contributed by atoms with Gasteiger partial charge in [-0.1, -0.05) is 71.1 Å². The molecule has 0 spiro atoms. The van der Waals surface area contributed by atoms with Gasteiger partial charge < -0.3 is 4.12 Å². The molecule has 0 atom stereocenters. The summed E-state index contributed by atoms with van der Waals surface area (Å²) in [4.78, 5) is 0. The molecule has 0 aliphatic rings. The Hall–Kier alpha value is 0.394. The fourth-order valence-corrected chi connectivity index (χ4v) is 8.57. The van der Waals surface area contributed by atoms with E-state index >= 15 is 0 Å². The quantitative estimate of drug-likeness (QED) is 0.283. The Bertz CT molecular complexity index is 193. The summed E-state index contributed by atoms with van der Waals surface area (Å²) >= 11 is 0. The summed E-state index contributed by atoms with van der Waals surface area (Å²) < 4.78 is 6.16. The smallest absolute Gasteiger partial charge is 0.191 e. The SMILES string of the molecule is CCCCCCCCCCCC[Si](C)(C)O[Si](C)C. The van der Waals surface area contributed by atoms with E-state index in [0.717, 1.165) is 0 Å². The Kier molecular flexibility index (Phi) is 12.4. The Morgan fingerprint density at radius 1 is 0.737 bits per heavy atom. The molecule has 1 nitrogen and oxygen atoms in total. The van der Waals surface area contributed by atoms with E-state index in [-0.39, 0.29) is 0 Å². The molecule has 0 bridgehead atoms. The van der Waals surface area contributed by atoms with Gasteiger partial charge >= 0.3 is 0 Å². The van der Waals surface area contributed by atoms with Crippen molar-refractivity contribution in [2.24, 2.45) is 0 Å². The first-order chi connectivity index (χ1) is 8.98. The van der Waals surface area contributed by atoms with Crippen LogP contribution in [0.15, 0.2) is 0 Å². The molecular formula is C16H37OSi2. The van der Waals surface area contributed by atoms with Gasteiger partial charge in [-0.15, -0.1) is 0 Å². The molecule has 0 saturated heterocycles. The van der Waals surface area contributed by atoms with E-state index in [1.807, 2.05) is 0 Å². The molecular weight excluding hydrogens is 264 g/mol. The van der Waals surface area contributed by atoms with E-state index in [4.69, 9.17) is 4.12 Å². The van der Waals surface area contributed by atoms with Gasteiger partial charge in [0.1, 0.15) is 0 Å². The molecule has 0 aromatic rings. The van der Waals surface area contributed by atoms with Crippen molar-refractivity contribution in [3.8, 4) is 0 Å². The van der Waals surface area contributed by atoms with Crippen LogP contribution >= 0.6 is 0 Å². The van der Waals surface area contributed by atoms with Crippen LogP contribution in [-0.4, -0.2) is 17.4 Å². The molecule has 0 rings (SSSR count). The first-order valence-corrected chi connectivity index (χ1v) is 14.0. The number of hydrogen-bond acceptors (Lipinski definition) is 1. The Morgan fingerprint density at radius 2 is 1.16 bits per heavy atom. The second-order valence-electron chi connectivity index (χ2n) is 6.70. The first kappa shape index (κ1) is 19.4. The fraction of sp³-hybridized carbons (Fsp3) is 1.00. The highest BCUT2D eigenvalue weighted by molar-refractivity contribution is 6.77. The van der Waals surface area contributed by atoms with Crippen molar-refractivity contribution >= 4 is 17.4 Å². The maximum absolute atomic E-state index is 6.16. The molecule has 1 radical (unpaired) electrons. The van der Waals surface area contributed by atoms with Gasteiger partial charge in [0, 0.05) is 0 Å². The Morgan fingerprint density at radius 3 is 1.58 bits per heavy atom. The molecule has 0 aliphatic heterocycles. The molecule has 3 heteroatoms. The zero-order valence-electron chi connectivity index (χ0n) is 14.2. The summed E-state index contributed by atoms with van der Waals surface area (Å²) in [6, 6.07) is 1.36. The minimum absolute atomic E-state index is 0.491. The molecule has 0 aliphatic carbocycles. The lowest BCUT2D eigenvalue weighted by atomic mass is 10.1. The maximum atomic E-state index is 6.16. The van der Waals surface area contributed by atoms with Crippen LogP contribution in [0.2, 0.25) is 32.2 Å². The lowest BCUT2D eigenvalue weighted by Gasteiger charge is -2.25. The first-order valence-electron chi connectivity index (χ1n) is 8.47. The fourth-order valence-electron chi connectivity index (χ4n) is 2.64. The summed E-state index contributed by atoms with van der Waals surface area (Å²) in [7, 11) is -1.80. The van der Waals surface area contributed by atoms with Crippen LogP contribution in [0.1, 0.15) is 71.1 Å². The molecule has 0 fully saturated rings. The van der Waals surface area contributed by atoms with Crippen LogP contribution in [0.4, 0.5) is 0 Å². The molecule has 0 aromatic heterocycles. The molecule has 0 amide bonds. The van der Waals surface area contributed by atoms with Crippen molar-refractivity contribution in [3.63, 3.8) is 0 Å². The van der Waals surface area contributed by atoms with Crippen molar-refractivity contribution < 1.29 is 4.12 Å². The lowest BCUT2D eigenvalue weighted by molar-refractivity contribution is 0.544. The predicted molar refractivity (Wildman–Crippen MR) is 92.7 cm³/mol. The second-order valence-corrected chi connectivity index (χ2v) is 13.4. The van der Waals surface area contributed by atoms with Gasteiger partial charge in [-0.3, -0.25) is 0 Å². The van der Waals surface area contributed by atoms with Gasteiger partial charge in [-0.2, -0.15) is 0 Å². The minimum Gasteiger partial charge on any atom is -0.456 e. The second kappa shape index (κ2) is 12.2. The average molecular weight is 302 g/mol. The summed E-state index contributed by atoms with van der Waals surface area (Å²) in [5.41, 5.74) is 0. The number of rotatable bonds is 13. The van der Waals surface area contributed by atoms with Crippen molar-refractivity contribution in [2.75, 3.05) is 0 Å². The minimum atomic E-state index is -1.31. The zero-order valence-corrected chi connectivity index (χ0v) is 16.2. The maximum Gasteiger partial charge on any atom is 0.191 e. The molecule has 0 aromatic carbocycles. The van der Waals surface area contributed by atoms with Gasteiger partial charge in [-0.25, -0.2) is 0 Å². The van der Waals surface area contributed by atoms with Gasteiger partial charge in [0.25, 0.3) is 0 Å². The molecule has 0 saturated carbocycles. The molecule has 115 valence electrons. The van der Waals surface area contributed by atoms with Gasteiger partial charge in [0.2, 0.25) is 0 Å². The van der Waals surface area contributed by atoms with Crippen molar-refractivity contribution in [2.45, 2.75) is 103 Å². The summed E-state index contributed by atoms with van der Waals surface area (Å²) in [5, 5.41) is 0. The summed E-state index contributed by atoms with van der Waals surface area (Å²) in [5.74, 6) is 0. The Labute approximate surface area is 125 Å². The molecule has 0 N–H and O–H groups in total. The topological polar surface area (TPSA) is 9.23 Å². The highest BCUT2D eigenvalue weighted by Gasteiger charge is 2.22. The summed E-state index contributed by atoms with van der Waals surface area (Å²) in [6.07, 6.45) is 14.3. The lowest BCUT2D eigenvalue weighted by Crippen LogP contribution is -2.34. The highest BCUT2D eigenvalue weighted by atomic mass is 28.4. The van der Waals surface area contributed by atoms with Crippen LogP contribution in [0.3, 0.4) is 0 Å². The van der Waals surface area contributed by atoms with Crippen LogP contribution in [-0.2, 0) is 4.12 Å². The monoisotopic (exact) mass is 301 g/mol. The molecule has 19 heavy (non-hydrogen) atoms. The third-order valence-electron chi connectivity index (χ3n) is 3.61. The van der Waals surface area contributed by atoms with Crippen LogP contribution < -0.4 is 0 Å². The number of unbranched alkanes of at least 4 members (excludes halogenated alkanes) is 9. The van der Waals surface area contributed by atoms with E-state index in [1.165, 1.54) is 70.3 Å². The van der Waals surface area contributed by atoms with E-state index < -0.39 is 17.4 Å². The third kappa shape index (κ3) is 14.6. The predicted octanol–water partition coefficient (Wildman–Crippen LogP) is 6.38. The van der Waals surface area contributed by atoms with Gasteiger partial charge in [0.05, 0.1) is 0 Å². The van der Waals surface area contributed by atoms with Crippen molar-refractivity contribution in [1.29, 1.82) is 0 Å². The van der Waals surface area contributed by atoms with Crippen molar-refractivity contribution in [1.82, 2.24) is 0 Å². The normalized spacial score (nSPS) is 12.3. The third-order valence-corrected chi connectivity index (χ3v) is 9.01. The molecule has 0 heterocycles. The van der Waals surface area contributed by atoms with Crippen LogP contribution in [0.5, 0.6) is 0 Å². The summed E-state index contributed by atoms with van der Waals surface area (Å²) in [6.45, 7) is 11.6. The van der Waals surface area contributed by atoms with Gasteiger partial charge in [0.15, 0.2) is 17.4 Å². The number of hydrogen-bond donors (Lipinski definition) is 0. The van der Waals surface area contributed by atoms with Crippen LogP contribution in [0.25, 0.3) is 0 Å². The van der Waals surface area contributed by atoms with Gasteiger partial charge in [-0.05, 0) is 32.2 Å². The molecule has 0 unspecified atom stereocenters. The largest absolute Gasteiger partial charge is 0.456 e. The highest BCUT2D eigenvalue weighted by Crippen LogP contribution is 2.18. The van der Waals surface area contributed by atoms with Crippen molar-refractivity contribution in [3.05, 3.63) is 0 Å². The van der Waals surface area contributed by atoms with E-state index in [1.54, 1.807) is 0 Å². The average Bonchev–Trinajstić information content (AvgIpc) is 2.30. The standard InChI is InChI=1S/C16H37OSi2/c1-6-7-8-9-10-11-12-13-14-15-16-19(4,5)17-18(2)3/h6-16H2,1-5H3. The Balaban J connectivity index is 3.26. The zero-order chi connectivity index (χ0) is 14.6. The van der Waals surface area contributed by atoms with E-state index in [2.05, 4.69) is 33.1 Å². The van der Waals surface area contributed by atoms with Crippen LogP contribution in [0, 0.1) is 0 Å². The van der Waals surface area contributed by atoms with E-state index in [0.29, 0.717) is 0 Å².